The zero-order valence-electron chi connectivity index (χ0n) is 14.9. The molecule has 1 aromatic carbocycles. The van der Waals surface area contributed by atoms with Gasteiger partial charge in [0.25, 0.3) is 0 Å². The number of methoxy groups -OCH3 is 1. The van der Waals surface area contributed by atoms with Crippen LogP contribution in [0, 0.1) is 5.41 Å². The van der Waals surface area contributed by atoms with Crippen LogP contribution in [0.3, 0.4) is 0 Å². The lowest BCUT2D eigenvalue weighted by molar-refractivity contribution is 0.0154. The molecular formula is C19H31ClN2O2. The summed E-state index contributed by atoms with van der Waals surface area (Å²) in [7, 11) is 4.00. The fourth-order valence-corrected chi connectivity index (χ4v) is 3.83. The van der Waals surface area contributed by atoms with E-state index in [1.54, 1.807) is 7.11 Å². The first-order chi connectivity index (χ1) is 11.2. The van der Waals surface area contributed by atoms with Crippen LogP contribution in [0.15, 0.2) is 24.3 Å². The molecule has 136 valence electrons. The molecule has 5 heteroatoms. The first kappa shape index (κ1) is 19.5. The quantitative estimate of drug-likeness (QED) is 0.777. The Morgan fingerprint density at radius 3 is 2.79 bits per heavy atom. The lowest BCUT2D eigenvalue weighted by atomic mass is 9.69. The summed E-state index contributed by atoms with van der Waals surface area (Å²) in [6.07, 6.45) is 5.18. The van der Waals surface area contributed by atoms with Crippen molar-refractivity contribution in [2.45, 2.75) is 38.3 Å². The second-order valence-corrected chi connectivity index (χ2v) is 7.28. The van der Waals surface area contributed by atoms with E-state index in [0.717, 1.165) is 32.0 Å². The Bertz CT molecular complexity index is 502. The summed E-state index contributed by atoms with van der Waals surface area (Å²) in [5.41, 5.74) is 1.51. The van der Waals surface area contributed by atoms with E-state index in [4.69, 9.17) is 9.47 Å². The lowest BCUT2D eigenvalue weighted by Crippen LogP contribution is -2.48. The third-order valence-corrected chi connectivity index (χ3v) is 5.41. The summed E-state index contributed by atoms with van der Waals surface area (Å²) in [6, 6.07) is 8.97. The summed E-state index contributed by atoms with van der Waals surface area (Å²) in [5.74, 6) is 0.969. The van der Waals surface area contributed by atoms with Crippen LogP contribution < -0.4 is 10.1 Å². The van der Waals surface area contributed by atoms with Crippen LogP contribution >= 0.6 is 12.4 Å². The fourth-order valence-electron chi connectivity index (χ4n) is 3.83. The van der Waals surface area contributed by atoms with Crippen molar-refractivity contribution in [2.24, 2.45) is 5.41 Å². The van der Waals surface area contributed by atoms with E-state index in [-0.39, 0.29) is 12.4 Å². The van der Waals surface area contributed by atoms with Crippen LogP contribution in [0.25, 0.3) is 0 Å². The third-order valence-electron chi connectivity index (χ3n) is 5.41. The van der Waals surface area contributed by atoms with E-state index < -0.39 is 0 Å². The monoisotopic (exact) mass is 354 g/mol. The highest BCUT2D eigenvalue weighted by Gasteiger charge is 2.40. The predicted octanol–water partition coefficient (Wildman–Crippen LogP) is 3.10. The Balaban J connectivity index is 0.00000208. The largest absolute Gasteiger partial charge is 0.493 e. The summed E-state index contributed by atoms with van der Waals surface area (Å²) < 4.78 is 11.4. The SMILES string of the molecule is COCc1cccc(OCC2(CN(C)C3CCNC3)CCC2)c1.Cl. The van der Waals surface area contributed by atoms with Gasteiger partial charge in [-0.2, -0.15) is 0 Å². The van der Waals surface area contributed by atoms with Gasteiger partial charge in [-0.25, -0.2) is 0 Å². The summed E-state index contributed by atoms with van der Waals surface area (Å²) >= 11 is 0. The molecule has 0 radical (unpaired) electrons. The smallest absolute Gasteiger partial charge is 0.119 e. The Morgan fingerprint density at radius 1 is 1.33 bits per heavy atom. The van der Waals surface area contributed by atoms with Crippen molar-refractivity contribution < 1.29 is 9.47 Å². The third kappa shape index (κ3) is 4.85. The van der Waals surface area contributed by atoms with Gasteiger partial charge in [0, 0.05) is 31.7 Å². The zero-order chi connectivity index (χ0) is 16.1. The minimum absolute atomic E-state index is 0. The number of rotatable bonds is 8. The van der Waals surface area contributed by atoms with Crippen LogP contribution in [-0.2, 0) is 11.3 Å². The summed E-state index contributed by atoms with van der Waals surface area (Å²) in [5, 5.41) is 3.47. The molecule has 0 spiro atoms. The van der Waals surface area contributed by atoms with Gasteiger partial charge in [0.2, 0.25) is 0 Å². The molecule has 1 unspecified atom stereocenters. The van der Waals surface area contributed by atoms with Gasteiger partial charge >= 0.3 is 0 Å². The molecule has 1 N–H and O–H groups in total. The molecule has 1 aliphatic carbocycles. The van der Waals surface area contributed by atoms with Crippen LogP contribution in [-0.4, -0.2) is 51.3 Å². The fraction of sp³-hybridized carbons (Fsp3) is 0.684. The standard InChI is InChI=1S/C19H30N2O2.ClH/c1-21(17-7-10-20-12-17)14-19(8-4-9-19)15-23-18-6-3-5-16(11-18)13-22-2;/h3,5-6,11,17,20H,4,7-10,12-15H2,1-2H3;1H. The number of ether oxygens (including phenoxy) is 2. The van der Waals surface area contributed by atoms with Gasteiger partial charge in [-0.1, -0.05) is 18.6 Å². The molecule has 1 saturated carbocycles. The minimum Gasteiger partial charge on any atom is -0.493 e. The zero-order valence-corrected chi connectivity index (χ0v) is 15.7. The Morgan fingerprint density at radius 2 is 2.17 bits per heavy atom. The maximum atomic E-state index is 6.17. The van der Waals surface area contributed by atoms with Crippen molar-refractivity contribution in [1.29, 1.82) is 0 Å². The summed E-state index contributed by atoms with van der Waals surface area (Å²) in [6.45, 7) is 4.90. The van der Waals surface area contributed by atoms with Gasteiger partial charge in [-0.3, -0.25) is 0 Å². The number of benzene rings is 1. The van der Waals surface area contributed by atoms with Crippen molar-refractivity contribution in [1.82, 2.24) is 10.2 Å². The van der Waals surface area contributed by atoms with E-state index >= 15 is 0 Å². The average Bonchev–Trinajstić information content (AvgIpc) is 3.05. The van der Waals surface area contributed by atoms with Gasteiger partial charge in [-0.05, 0) is 50.6 Å². The second-order valence-electron chi connectivity index (χ2n) is 7.28. The van der Waals surface area contributed by atoms with Crippen LogP contribution in [0.5, 0.6) is 5.75 Å². The number of nitrogens with one attached hydrogen (secondary N) is 1. The first-order valence-corrected chi connectivity index (χ1v) is 8.82. The summed E-state index contributed by atoms with van der Waals surface area (Å²) in [4.78, 5) is 2.55. The number of halogens is 1. The molecule has 0 amide bonds. The molecule has 0 aromatic heterocycles. The van der Waals surface area contributed by atoms with Crippen molar-refractivity contribution in [3.63, 3.8) is 0 Å². The number of hydrogen-bond acceptors (Lipinski definition) is 4. The van der Waals surface area contributed by atoms with Crippen LogP contribution in [0.4, 0.5) is 0 Å². The van der Waals surface area contributed by atoms with Gasteiger partial charge in [-0.15, -0.1) is 12.4 Å². The molecule has 1 aromatic rings. The van der Waals surface area contributed by atoms with Crippen molar-refractivity contribution in [3.8, 4) is 5.75 Å². The van der Waals surface area contributed by atoms with Crippen molar-refractivity contribution in [2.75, 3.05) is 40.4 Å². The molecule has 1 atom stereocenters. The molecule has 24 heavy (non-hydrogen) atoms. The van der Waals surface area contributed by atoms with Crippen LogP contribution in [0.1, 0.15) is 31.2 Å². The normalized spacial score (nSPS) is 22.0. The maximum absolute atomic E-state index is 6.17. The number of likely N-dealkylation sites (N-methyl/N-ethyl adjacent to an activating group) is 1. The number of nitrogens with zero attached hydrogens (tertiary/aromatic N) is 1. The predicted molar refractivity (Wildman–Crippen MR) is 100 cm³/mol. The van der Waals surface area contributed by atoms with Crippen LogP contribution in [0.2, 0.25) is 0 Å². The van der Waals surface area contributed by atoms with Crippen molar-refractivity contribution in [3.05, 3.63) is 29.8 Å². The average molecular weight is 355 g/mol. The molecule has 3 rings (SSSR count). The Hall–Kier alpha value is -0.810. The van der Waals surface area contributed by atoms with Gasteiger partial charge in [0.15, 0.2) is 0 Å². The highest BCUT2D eigenvalue weighted by molar-refractivity contribution is 5.85. The molecule has 4 nitrogen and oxygen atoms in total. The first-order valence-electron chi connectivity index (χ1n) is 8.82. The molecular weight excluding hydrogens is 324 g/mol. The van der Waals surface area contributed by atoms with E-state index in [0.29, 0.717) is 18.1 Å². The maximum Gasteiger partial charge on any atom is 0.119 e. The molecule has 1 saturated heterocycles. The molecule has 1 heterocycles. The van der Waals surface area contributed by atoms with Gasteiger partial charge in [0.1, 0.15) is 5.75 Å². The molecule has 2 aliphatic rings. The van der Waals surface area contributed by atoms with Gasteiger partial charge < -0.3 is 19.7 Å². The second kappa shape index (κ2) is 9.04. The molecule has 0 bridgehead atoms. The molecule has 2 fully saturated rings. The van der Waals surface area contributed by atoms with Crippen molar-refractivity contribution >= 4 is 12.4 Å². The Kier molecular flexibility index (Phi) is 7.35. The Labute approximate surface area is 152 Å². The van der Waals surface area contributed by atoms with E-state index in [9.17, 15) is 0 Å². The minimum atomic E-state index is 0. The molecule has 1 aliphatic heterocycles. The van der Waals surface area contributed by atoms with E-state index in [2.05, 4.69) is 35.5 Å². The number of hydrogen-bond donors (Lipinski definition) is 1. The van der Waals surface area contributed by atoms with E-state index in [1.807, 2.05) is 6.07 Å². The van der Waals surface area contributed by atoms with E-state index in [1.165, 1.54) is 31.2 Å². The lowest BCUT2D eigenvalue weighted by Gasteiger charge is -2.45. The highest BCUT2D eigenvalue weighted by Crippen LogP contribution is 2.42. The highest BCUT2D eigenvalue weighted by atomic mass is 35.5. The topological polar surface area (TPSA) is 33.7 Å². The van der Waals surface area contributed by atoms with Gasteiger partial charge in [0.05, 0.1) is 13.2 Å².